The molecule has 0 bridgehead atoms. The maximum Gasteiger partial charge on any atom is 0.249 e. The van der Waals surface area contributed by atoms with E-state index in [4.69, 9.17) is 5.73 Å². The van der Waals surface area contributed by atoms with Gasteiger partial charge in [-0.2, -0.15) is 0 Å². The zero-order chi connectivity index (χ0) is 15.1. The Kier molecular flexibility index (Phi) is 3.43. The molecule has 21 heavy (non-hydrogen) atoms. The third kappa shape index (κ3) is 2.41. The van der Waals surface area contributed by atoms with Gasteiger partial charge in [0, 0.05) is 21.5 Å². The number of aromatic amines is 1. The summed E-state index contributed by atoms with van der Waals surface area (Å²) in [6.07, 6.45) is 0. The average Bonchev–Trinajstić information content (AvgIpc) is 2.76. The molecule has 0 atom stereocenters. The monoisotopic (exact) mass is 362 g/mol. The molecule has 3 aromatic rings. The highest BCUT2D eigenvalue weighted by Crippen LogP contribution is 2.35. The summed E-state index contributed by atoms with van der Waals surface area (Å²) in [6.45, 7) is 1.81. The van der Waals surface area contributed by atoms with Crippen LogP contribution in [-0.2, 0) is 0 Å². The maximum absolute atomic E-state index is 12.6. The van der Waals surface area contributed by atoms with Crippen LogP contribution in [-0.4, -0.2) is 10.8 Å². The molecule has 2 heterocycles. The van der Waals surface area contributed by atoms with Crippen LogP contribution in [0.2, 0.25) is 0 Å². The van der Waals surface area contributed by atoms with Gasteiger partial charge in [0.2, 0.25) is 11.3 Å². The predicted octanol–water partition coefficient (Wildman–Crippen LogP) is 3.47. The molecule has 0 aliphatic heterocycles. The first kappa shape index (κ1) is 14.0. The van der Waals surface area contributed by atoms with Crippen LogP contribution < -0.4 is 11.3 Å². The third-order valence-corrected chi connectivity index (χ3v) is 4.88. The number of thiophene rings is 1. The third-order valence-electron chi connectivity index (χ3n) is 3.24. The highest BCUT2D eigenvalue weighted by atomic mass is 79.9. The molecule has 0 spiro atoms. The van der Waals surface area contributed by atoms with Gasteiger partial charge >= 0.3 is 0 Å². The van der Waals surface area contributed by atoms with E-state index < -0.39 is 0 Å². The van der Waals surface area contributed by atoms with Gasteiger partial charge in [-0.05, 0) is 36.8 Å². The van der Waals surface area contributed by atoms with Crippen LogP contribution in [0.25, 0.3) is 10.2 Å². The normalized spacial score (nSPS) is 11.0. The van der Waals surface area contributed by atoms with E-state index >= 15 is 0 Å². The van der Waals surface area contributed by atoms with Gasteiger partial charge in [-0.1, -0.05) is 15.9 Å². The molecular weight excluding hydrogens is 352 g/mol. The average molecular weight is 363 g/mol. The summed E-state index contributed by atoms with van der Waals surface area (Å²) in [4.78, 5) is 27.9. The fourth-order valence-corrected chi connectivity index (χ4v) is 3.66. The van der Waals surface area contributed by atoms with Crippen molar-refractivity contribution in [2.24, 2.45) is 0 Å². The van der Waals surface area contributed by atoms with E-state index in [1.165, 1.54) is 17.4 Å². The summed E-state index contributed by atoms with van der Waals surface area (Å²) in [7, 11) is 0. The number of benzene rings is 1. The first-order valence-corrected chi connectivity index (χ1v) is 7.80. The van der Waals surface area contributed by atoms with Crippen molar-refractivity contribution in [3.8, 4) is 0 Å². The van der Waals surface area contributed by atoms with E-state index in [1.807, 2.05) is 19.1 Å². The molecule has 4 nitrogen and oxygen atoms in total. The molecule has 0 amide bonds. The number of aromatic nitrogens is 1. The summed E-state index contributed by atoms with van der Waals surface area (Å²) >= 11 is 4.56. The first-order chi connectivity index (χ1) is 9.97. The Morgan fingerprint density at radius 2 is 1.95 bits per heavy atom. The Morgan fingerprint density at radius 1 is 1.29 bits per heavy atom. The molecule has 3 N–H and O–H groups in total. The van der Waals surface area contributed by atoms with Crippen LogP contribution in [0.15, 0.2) is 39.6 Å². The molecule has 0 saturated carbocycles. The lowest BCUT2D eigenvalue weighted by Crippen LogP contribution is -2.04. The number of carbonyl (C=O) groups is 1. The molecule has 1 aromatic carbocycles. The highest BCUT2D eigenvalue weighted by Gasteiger charge is 2.19. The number of hydrogen-bond donors (Lipinski definition) is 2. The first-order valence-electron chi connectivity index (χ1n) is 6.19. The van der Waals surface area contributed by atoms with Crippen molar-refractivity contribution < 1.29 is 4.79 Å². The molecule has 0 aliphatic carbocycles. The standard InChI is InChI=1S/C15H11BrN2O2S/c1-7-6-10(19)18-15-11(7)12(17)14(21-15)13(20)8-2-4-9(16)5-3-8/h2-6H,17H2,1H3,(H,18,19). The van der Waals surface area contributed by atoms with Gasteiger partial charge in [0.15, 0.2) is 0 Å². The number of nitrogens with two attached hydrogens (primary N) is 1. The number of aryl methyl sites for hydroxylation is 1. The second-order valence-corrected chi connectivity index (χ2v) is 6.64. The van der Waals surface area contributed by atoms with E-state index in [0.29, 0.717) is 21.0 Å². The summed E-state index contributed by atoms with van der Waals surface area (Å²) in [5.74, 6) is -0.138. The van der Waals surface area contributed by atoms with Crippen LogP contribution in [0.4, 0.5) is 5.69 Å². The van der Waals surface area contributed by atoms with Crippen LogP contribution in [0, 0.1) is 6.92 Å². The number of hydrogen-bond acceptors (Lipinski definition) is 4. The number of fused-ring (bicyclic) bond motifs is 1. The Balaban J connectivity index is 2.19. The smallest absolute Gasteiger partial charge is 0.249 e. The van der Waals surface area contributed by atoms with Gasteiger partial charge in [-0.3, -0.25) is 9.59 Å². The van der Waals surface area contributed by atoms with Crippen LogP contribution in [0.1, 0.15) is 20.8 Å². The number of rotatable bonds is 2. The molecular formula is C15H11BrN2O2S. The topological polar surface area (TPSA) is 76.0 Å². The molecule has 3 rings (SSSR count). The zero-order valence-electron chi connectivity index (χ0n) is 11.1. The molecule has 6 heteroatoms. The van der Waals surface area contributed by atoms with Crippen LogP contribution in [0.3, 0.4) is 0 Å². The maximum atomic E-state index is 12.6. The lowest BCUT2D eigenvalue weighted by atomic mass is 10.1. The SMILES string of the molecule is Cc1cc(=O)[nH]c2sc(C(=O)c3ccc(Br)cc3)c(N)c12. The number of halogens is 1. The van der Waals surface area contributed by atoms with Crippen LogP contribution >= 0.6 is 27.3 Å². The molecule has 106 valence electrons. The van der Waals surface area contributed by atoms with E-state index in [9.17, 15) is 9.59 Å². The number of anilines is 1. The fourth-order valence-electron chi connectivity index (χ4n) is 2.24. The molecule has 0 aliphatic rings. The second kappa shape index (κ2) is 5.13. The van der Waals surface area contributed by atoms with Crippen molar-refractivity contribution in [1.29, 1.82) is 0 Å². The number of carbonyl (C=O) groups excluding carboxylic acids is 1. The van der Waals surface area contributed by atoms with Gasteiger partial charge in [0.05, 0.1) is 5.69 Å². The molecule has 2 aromatic heterocycles. The minimum absolute atomic E-state index is 0.138. The minimum Gasteiger partial charge on any atom is -0.397 e. The molecule has 0 saturated heterocycles. The Morgan fingerprint density at radius 3 is 2.62 bits per heavy atom. The van der Waals surface area contributed by atoms with Gasteiger partial charge in [0.25, 0.3) is 0 Å². The lowest BCUT2D eigenvalue weighted by Gasteiger charge is -2.00. The summed E-state index contributed by atoms with van der Waals surface area (Å²) in [5.41, 5.74) is 7.69. The van der Waals surface area contributed by atoms with Crippen molar-refractivity contribution in [3.63, 3.8) is 0 Å². The Labute approximate surface area is 132 Å². The van der Waals surface area contributed by atoms with Gasteiger partial charge in [-0.15, -0.1) is 11.3 Å². The lowest BCUT2D eigenvalue weighted by molar-refractivity contribution is 0.104. The molecule has 0 unspecified atom stereocenters. The van der Waals surface area contributed by atoms with E-state index in [2.05, 4.69) is 20.9 Å². The van der Waals surface area contributed by atoms with E-state index in [-0.39, 0.29) is 11.3 Å². The van der Waals surface area contributed by atoms with Crippen molar-refractivity contribution in [3.05, 3.63) is 61.2 Å². The number of ketones is 1. The van der Waals surface area contributed by atoms with Crippen LogP contribution in [0.5, 0.6) is 0 Å². The predicted molar refractivity (Wildman–Crippen MR) is 89.2 cm³/mol. The van der Waals surface area contributed by atoms with Gasteiger partial charge in [-0.25, -0.2) is 0 Å². The largest absolute Gasteiger partial charge is 0.397 e. The number of nitrogen functional groups attached to an aromatic ring is 1. The quantitative estimate of drug-likeness (QED) is 0.685. The second-order valence-electron chi connectivity index (χ2n) is 4.70. The van der Waals surface area contributed by atoms with Crippen molar-refractivity contribution in [2.75, 3.05) is 5.73 Å². The summed E-state index contributed by atoms with van der Waals surface area (Å²) in [6, 6.07) is 8.59. The zero-order valence-corrected chi connectivity index (χ0v) is 13.5. The summed E-state index contributed by atoms with van der Waals surface area (Å²) in [5, 5.41) is 0.750. The minimum atomic E-state index is -0.191. The van der Waals surface area contributed by atoms with Gasteiger partial charge < -0.3 is 10.7 Å². The Hall–Kier alpha value is -1.92. The number of H-pyrrole nitrogens is 1. The van der Waals surface area contributed by atoms with E-state index in [1.54, 1.807) is 12.1 Å². The molecule has 0 fully saturated rings. The fraction of sp³-hybridized carbons (Fsp3) is 0.0667. The van der Waals surface area contributed by atoms with Crippen molar-refractivity contribution in [1.82, 2.24) is 4.98 Å². The highest BCUT2D eigenvalue weighted by molar-refractivity contribution is 9.10. The van der Waals surface area contributed by atoms with Crippen molar-refractivity contribution >= 4 is 49.0 Å². The summed E-state index contributed by atoms with van der Waals surface area (Å²) < 4.78 is 0.906. The molecule has 0 radical (unpaired) electrons. The van der Waals surface area contributed by atoms with E-state index in [0.717, 1.165) is 15.4 Å². The number of nitrogens with one attached hydrogen (secondary N) is 1. The Bertz CT molecular complexity index is 910. The van der Waals surface area contributed by atoms with Gasteiger partial charge in [0.1, 0.15) is 9.71 Å². The van der Waals surface area contributed by atoms with Crippen molar-refractivity contribution in [2.45, 2.75) is 6.92 Å². The number of pyridine rings is 1.